The number of hydrogen-bond donors (Lipinski definition) is 2. The van der Waals surface area contributed by atoms with E-state index in [4.69, 9.17) is 16.3 Å². The molecule has 3 aromatic carbocycles. The summed E-state index contributed by atoms with van der Waals surface area (Å²) in [5.41, 5.74) is 2.81. The lowest BCUT2D eigenvalue weighted by Crippen LogP contribution is -2.16. The van der Waals surface area contributed by atoms with Crippen molar-refractivity contribution in [2.75, 3.05) is 12.4 Å². The first-order valence-electron chi connectivity index (χ1n) is 8.49. The van der Waals surface area contributed by atoms with Gasteiger partial charge in [-0.15, -0.1) is 0 Å². The number of carbonyl (C=O) groups excluding carboxylic acids is 1. The van der Waals surface area contributed by atoms with Gasteiger partial charge in [-0.25, -0.2) is 4.79 Å². The molecule has 0 saturated heterocycles. The fraction of sp³-hybridized carbons (Fsp3) is 0.0909. The molecule has 0 spiro atoms. The van der Waals surface area contributed by atoms with Gasteiger partial charge in [-0.2, -0.15) is 0 Å². The topological polar surface area (TPSA) is 75.6 Å². The maximum absolute atomic E-state index is 12.8. The van der Waals surface area contributed by atoms with Crippen LogP contribution in [0.1, 0.15) is 26.3 Å². The average molecular weight is 396 g/mol. The summed E-state index contributed by atoms with van der Waals surface area (Å²) >= 11 is 5.95. The number of para-hydroxylation sites is 1. The number of anilines is 1. The molecular formula is C22H18ClNO4. The molecule has 1 amide bonds. The number of nitrogens with one attached hydrogen (secondary N) is 1. The van der Waals surface area contributed by atoms with Gasteiger partial charge in [0.05, 0.1) is 18.4 Å². The van der Waals surface area contributed by atoms with Crippen LogP contribution in [-0.2, 0) is 0 Å². The molecule has 6 heteroatoms. The Hall–Kier alpha value is -3.31. The molecule has 0 unspecified atom stereocenters. The Balaban J connectivity index is 1.96. The van der Waals surface area contributed by atoms with Crippen LogP contribution in [0.3, 0.4) is 0 Å². The van der Waals surface area contributed by atoms with E-state index in [0.29, 0.717) is 21.9 Å². The van der Waals surface area contributed by atoms with Crippen molar-refractivity contribution in [2.24, 2.45) is 0 Å². The van der Waals surface area contributed by atoms with Crippen LogP contribution in [0.2, 0.25) is 5.02 Å². The molecule has 3 aromatic rings. The normalized spacial score (nSPS) is 10.4. The molecule has 2 N–H and O–H groups in total. The van der Waals surface area contributed by atoms with Crippen LogP contribution in [0.25, 0.3) is 11.1 Å². The summed E-state index contributed by atoms with van der Waals surface area (Å²) in [6.45, 7) is 1.69. The average Bonchev–Trinajstić information content (AvgIpc) is 2.69. The van der Waals surface area contributed by atoms with Gasteiger partial charge in [-0.05, 0) is 48.4 Å². The maximum Gasteiger partial charge on any atom is 0.337 e. The van der Waals surface area contributed by atoms with Crippen LogP contribution < -0.4 is 10.1 Å². The third kappa shape index (κ3) is 4.00. The summed E-state index contributed by atoms with van der Waals surface area (Å²) in [6, 6.07) is 17.5. The SMILES string of the molecule is COc1ccccc1-c1cccc(C(=O)Nc2c(C)cc(Cl)cc2C(=O)O)c1. The number of carbonyl (C=O) groups is 2. The second-order valence-electron chi connectivity index (χ2n) is 6.19. The van der Waals surface area contributed by atoms with Gasteiger partial charge in [-0.1, -0.05) is 41.9 Å². The summed E-state index contributed by atoms with van der Waals surface area (Å²) in [5, 5.41) is 12.4. The first kappa shape index (κ1) is 19.5. The zero-order chi connectivity index (χ0) is 20.3. The van der Waals surface area contributed by atoms with Crippen molar-refractivity contribution in [1.82, 2.24) is 0 Å². The number of amides is 1. The highest BCUT2D eigenvalue weighted by molar-refractivity contribution is 6.31. The predicted octanol–water partition coefficient (Wildman–Crippen LogP) is 5.27. The lowest BCUT2D eigenvalue weighted by atomic mass is 10.0. The standard InChI is InChI=1S/C22H18ClNO4/c1-13-10-16(23)12-18(22(26)27)20(13)24-21(25)15-7-5-6-14(11-15)17-8-3-4-9-19(17)28-2/h3-12H,1-2H3,(H,24,25)(H,26,27). The molecule has 0 aliphatic carbocycles. The number of hydrogen-bond acceptors (Lipinski definition) is 3. The second-order valence-corrected chi connectivity index (χ2v) is 6.62. The highest BCUT2D eigenvalue weighted by Gasteiger charge is 2.17. The minimum atomic E-state index is -1.16. The Kier molecular flexibility index (Phi) is 5.66. The third-order valence-electron chi connectivity index (χ3n) is 4.31. The van der Waals surface area contributed by atoms with Gasteiger partial charge in [0.25, 0.3) is 5.91 Å². The highest BCUT2D eigenvalue weighted by Crippen LogP contribution is 2.31. The number of aryl methyl sites for hydroxylation is 1. The second kappa shape index (κ2) is 8.15. The molecule has 0 saturated carbocycles. The molecule has 5 nitrogen and oxygen atoms in total. The van der Waals surface area contributed by atoms with Crippen molar-refractivity contribution < 1.29 is 19.4 Å². The number of aromatic carboxylic acids is 1. The fourth-order valence-corrected chi connectivity index (χ4v) is 3.25. The summed E-state index contributed by atoms with van der Waals surface area (Å²) in [6.07, 6.45) is 0. The van der Waals surface area contributed by atoms with Gasteiger partial charge in [0.2, 0.25) is 0 Å². The molecule has 0 radical (unpaired) electrons. The molecule has 0 aliphatic rings. The van der Waals surface area contributed by atoms with Crippen LogP contribution in [-0.4, -0.2) is 24.1 Å². The lowest BCUT2D eigenvalue weighted by molar-refractivity contribution is 0.0698. The Morgan fingerprint density at radius 3 is 2.50 bits per heavy atom. The van der Waals surface area contributed by atoms with E-state index in [-0.39, 0.29) is 11.3 Å². The number of ether oxygens (including phenoxy) is 1. The van der Waals surface area contributed by atoms with Crippen LogP contribution in [0.5, 0.6) is 5.75 Å². The molecule has 0 fully saturated rings. The van der Waals surface area contributed by atoms with Gasteiger partial charge in [0.15, 0.2) is 0 Å². The quantitative estimate of drug-likeness (QED) is 0.616. The van der Waals surface area contributed by atoms with Gasteiger partial charge in [-0.3, -0.25) is 4.79 Å². The molecule has 0 bridgehead atoms. The largest absolute Gasteiger partial charge is 0.496 e. The highest BCUT2D eigenvalue weighted by atomic mass is 35.5. The molecule has 0 heterocycles. The number of benzene rings is 3. The van der Waals surface area contributed by atoms with E-state index < -0.39 is 11.9 Å². The summed E-state index contributed by atoms with van der Waals surface area (Å²) in [5.74, 6) is -0.880. The van der Waals surface area contributed by atoms with Crippen LogP contribution >= 0.6 is 11.6 Å². The minimum Gasteiger partial charge on any atom is -0.496 e. The number of carboxylic acids is 1. The molecule has 0 aromatic heterocycles. The summed E-state index contributed by atoms with van der Waals surface area (Å²) in [7, 11) is 1.59. The van der Waals surface area contributed by atoms with E-state index >= 15 is 0 Å². The minimum absolute atomic E-state index is 0.0563. The van der Waals surface area contributed by atoms with Gasteiger partial charge in [0, 0.05) is 16.1 Å². The van der Waals surface area contributed by atoms with E-state index in [9.17, 15) is 14.7 Å². The molecular weight excluding hydrogens is 378 g/mol. The van der Waals surface area contributed by atoms with E-state index in [1.165, 1.54) is 6.07 Å². The summed E-state index contributed by atoms with van der Waals surface area (Å²) < 4.78 is 5.39. The molecule has 0 atom stereocenters. The van der Waals surface area contributed by atoms with Crippen LogP contribution in [0, 0.1) is 6.92 Å². The number of carboxylic acid groups (broad SMARTS) is 1. The van der Waals surface area contributed by atoms with Crippen molar-refractivity contribution in [3.8, 4) is 16.9 Å². The van der Waals surface area contributed by atoms with Crippen LogP contribution in [0.15, 0.2) is 60.7 Å². The zero-order valence-corrected chi connectivity index (χ0v) is 16.1. The van der Waals surface area contributed by atoms with Crippen LogP contribution in [0.4, 0.5) is 5.69 Å². The molecule has 142 valence electrons. The van der Waals surface area contributed by atoms with Crippen molar-refractivity contribution >= 4 is 29.2 Å². The lowest BCUT2D eigenvalue weighted by Gasteiger charge is -2.13. The van der Waals surface area contributed by atoms with Crippen molar-refractivity contribution in [3.63, 3.8) is 0 Å². The summed E-state index contributed by atoms with van der Waals surface area (Å²) in [4.78, 5) is 24.3. The number of methoxy groups -OCH3 is 1. The Morgan fingerprint density at radius 1 is 1.04 bits per heavy atom. The van der Waals surface area contributed by atoms with Gasteiger partial charge < -0.3 is 15.2 Å². The first-order valence-corrected chi connectivity index (χ1v) is 8.86. The van der Waals surface area contributed by atoms with Gasteiger partial charge >= 0.3 is 5.97 Å². The van der Waals surface area contributed by atoms with E-state index in [1.807, 2.05) is 30.3 Å². The first-order chi connectivity index (χ1) is 13.4. The Labute approximate surface area is 167 Å². The van der Waals surface area contributed by atoms with E-state index in [1.54, 1.807) is 38.3 Å². The maximum atomic E-state index is 12.8. The van der Waals surface area contributed by atoms with Gasteiger partial charge in [0.1, 0.15) is 5.75 Å². The van der Waals surface area contributed by atoms with Crippen molar-refractivity contribution in [2.45, 2.75) is 6.92 Å². The molecule has 28 heavy (non-hydrogen) atoms. The van der Waals surface area contributed by atoms with E-state index in [2.05, 4.69) is 5.32 Å². The van der Waals surface area contributed by atoms with E-state index in [0.717, 1.165) is 11.1 Å². The van der Waals surface area contributed by atoms with Crippen molar-refractivity contribution in [3.05, 3.63) is 82.4 Å². The Morgan fingerprint density at radius 2 is 1.79 bits per heavy atom. The third-order valence-corrected chi connectivity index (χ3v) is 4.53. The number of rotatable bonds is 5. The predicted molar refractivity (Wildman–Crippen MR) is 110 cm³/mol. The zero-order valence-electron chi connectivity index (χ0n) is 15.3. The fourth-order valence-electron chi connectivity index (χ4n) is 2.97. The Bertz CT molecular complexity index is 1060. The molecule has 0 aliphatic heterocycles. The number of halogens is 1. The molecule has 3 rings (SSSR count). The monoisotopic (exact) mass is 395 g/mol. The van der Waals surface area contributed by atoms with Crippen molar-refractivity contribution in [1.29, 1.82) is 0 Å². The smallest absolute Gasteiger partial charge is 0.337 e.